The number of carbonyl (C=O) groups is 1. The van der Waals surface area contributed by atoms with Gasteiger partial charge in [-0.1, -0.05) is 0 Å². The molecule has 0 saturated heterocycles. The topological polar surface area (TPSA) is 125 Å². The third-order valence-electron chi connectivity index (χ3n) is 4.57. The predicted octanol–water partition coefficient (Wildman–Crippen LogP) is 0.914. The van der Waals surface area contributed by atoms with Crippen molar-refractivity contribution in [3.8, 4) is 17.0 Å². The fourth-order valence-electron chi connectivity index (χ4n) is 3.10. The molecule has 0 aliphatic heterocycles. The summed E-state index contributed by atoms with van der Waals surface area (Å²) in [6.45, 7) is 0.544. The Morgan fingerprint density at radius 2 is 1.67 bits per heavy atom. The monoisotopic (exact) mass is 417 g/mol. The molecule has 10 nitrogen and oxygen atoms in total. The molecule has 0 atom stereocenters. The highest BCUT2D eigenvalue weighted by atomic mass is 16.5. The van der Waals surface area contributed by atoms with Crippen LogP contribution >= 0.6 is 0 Å². The lowest BCUT2D eigenvalue weighted by Gasteiger charge is -2.11. The minimum atomic E-state index is -1.06. The molecule has 160 valence electrons. The van der Waals surface area contributed by atoms with E-state index in [1.54, 1.807) is 37.4 Å². The number of carboxylic acids is 1. The number of carboxylic acid groups (broad SMARTS) is 1. The summed E-state index contributed by atoms with van der Waals surface area (Å²) < 4.78 is 17.9. The third kappa shape index (κ3) is 4.44. The van der Waals surface area contributed by atoms with Gasteiger partial charge in [0.15, 0.2) is 6.61 Å². The summed E-state index contributed by atoms with van der Waals surface area (Å²) in [7, 11) is 3.04. The maximum atomic E-state index is 12.9. The van der Waals surface area contributed by atoms with Gasteiger partial charge in [0, 0.05) is 19.9 Å². The van der Waals surface area contributed by atoms with Crippen LogP contribution in [0, 0.1) is 0 Å². The second-order valence-electron chi connectivity index (χ2n) is 6.53. The number of ether oxygens (including phenoxy) is 3. The Bertz CT molecular complexity index is 1140. The molecule has 3 rings (SSSR count). The highest BCUT2D eigenvalue weighted by Crippen LogP contribution is 2.24. The van der Waals surface area contributed by atoms with Gasteiger partial charge >= 0.3 is 11.7 Å². The molecule has 0 amide bonds. The molecular weight excluding hydrogens is 394 g/mol. The molecule has 2 N–H and O–H groups in total. The lowest BCUT2D eigenvalue weighted by molar-refractivity contribution is -0.139. The molecule has 2 aromatic heterocycles. The van der Waals surface area contributed by atoms with Crippen LogP contribution in [0.2, 0.25) is 0 Å². The molecule has 0 radical (unpaired) electrons. The Kier molecular flexibility index (Phi) is 6.70. The van der Waals surface area contributed by atoms with E-state index in [4.69, 9.17) is 19.3 Å². The summed E-state index contributed by atoms with van der Waals surface area (Å²) >= 11 is 0. The van der Waals surface area contributed by atoms with Gasteiger partial charge in [-0.2, -0.15) is 0 Å². The maximum absolute atomic E-state index is 12.9. The minimum absolute atomic E-state index is 0.140. The molecule has 3 aromatic rings. The van der Waals surface area contributed by atoms with E-state index in [9.17, 15) is 14.4 Å². The summed E-state index contributed by atoms with van der Waals surface area (Å²) in [5.74, 6) is -0.648. The van der Waals surface area contributed by atoms with Crippen molar-refractivity contribution < 1.29 is 24.1 Å². The molecule has 0 fully saturated rings. The van der Waals surface area contributed by atoms with Crippen molar-refractivity contribution in [3.63, 3.8) is 0 Å². The molecule has 0 saturated carbocycles. The first-order valence-electron chi connectivity index (χ1n) is 9.25. The Labute approximate surface area is 171 Å². The molecule has 0 aliphatic carbocycles. The van der Waals surface area contributed by atoms with Crippen molar-refractivity contribution in [3.05, 3.63) is 51.2 Å². The third-order valence-corrected chi connectivity index (χ3v) is 4.57. The second-order valence-corrected chi connectivity index (χ2v) is 6.53. The van der Waals surface area contributed by atoms with Gasteiger partial charge in [0.25, 0.3) is 5.56 Å². The van der Waals surface area contributed by atoms with E-state index in [-0.39, 0.29) is 13.2 Å². The van der Waals surface area contributed by atoms with Gasteiger partial charge in [-0.15, -0.1) is 0 Å². The van der Waals surface area contributed by atoms with E-state index >= 15 is 0 Å². The van der Waals surface area contributed by atoms with Crippen LogP contribution in [0.25, 0.3) is 22.3 Å². The molecular formula is C20H23N3O7. The molecule has 30 heavy (non-hydrogen) atoms. The van der Waals surface area contributed by atoms with E-state index < -0.39 is 23.8 Å². The smallest absolute Gasteiger partial charge is 0.341 e. The Balaban J connectivity index is 2.05. The number of nitrogens with one attached hydrogen (secondary N) is 1. The fourth-order valence-corrected chi connectivity index (χ4v) is 3.10. The summed E-state index contributed by atoms with van der Waals surface area (Å²) in [5, 5.41) is 8.69. The second kappa shape index (κ2) is 9.42. The number of H-pyrrole nitrogens is 1. The van der Waals surface area contributed by atoms with E-state index in [0.29, 0.717) is 35.6 Å². The van der Waals surface area contributed by atoms with E-state index in [0.717, 1.165) is 10.1 Å². The number of aliphatic carboxylic acids is 1. The first-order chi connectivity index (χ1) is 14.5. The molecule has 0 spiro atoms. The molecule has 0 aliphatic rings. The molecule has 0 bridgehead atoms. The number of fused-ring (bicyclic) bond motifs is 1. The van der Waals surface area contributed by atoms with Crippen LogP contribution in [-0.2, 0) is 27.4 Å². The lowest BCUT2D eigenvalue weighted by atomic mass is 10.1. The summed E-state index contributed by atoms with van der Waals surface area (Å²) in [5.41, 5.74) is 1.34. The van der Waals surface area contributed by atoms with Crippen molar-refractivity contribution in [2.45, 2.75) is 13.1 Å². The van der Waals surface area contributed by atoms with Crippen molar-refractivity contribution in [2.24, 2.45) is 0 Å². The summed E-state index contributed by atoms with van der Waals surface area (Å²) in [4.78, 5) is 39.5. The number of nitrogens with zero attached hydrogens (tertiary/aromatic N) is 2. The Hall–Kier alpha value is -3.37. The summed E-state index contributed by atoms with van der Waals surface area (Å²) in [6.07, 6.45) is 0. The zero-order valence-corrected chi connectivity index (χ0v) is 16.7. The Morgan fingerprint density at radius 3 is 2.27 bits per heavy atom. The average molecular weight is 417 g/mol. The number of hydrogen-bond donors (Lipinski definition) is 2. The van der Waals surface area contributed by atoms with Gasteiger partial charge in [0.1, 0.15) is 11.3 Å². The van der Waals surface area contributed by atoms with Gasteiger partial charge in [-0.25, -0.2) is 9.59 Å². The SMILES string of the molecule is COCCn1c(=O)c2[nH]c(-c3ccc(OCC(=O)O)cc3)cc2n(CCOC)c1=O. The maximum Gasteiger partial charge on any atom is 0.341 e. The number of hydrogen-bond acceptors (Lipinski definition) is 6. The molecule has 1 aromatic carbocycles. The minimum Gasteiger partial charge on any atom is -0.482 e. The highest BCUT2D eigenvalue weighted by Gasteiger charge is 2.16. The van der Waals surface area contributed by atoms with E-state index in [2.05, 4.69) is 4.98 Å². The average Bonchev–Trinajstić information content (AvgIpc) is 3.18. The largest absolute Gasteiger partial charge is 0.482 e. The van der Waals surface area contributed by atoms with Crippen LogP contribution in [0.15, 0.2) is 39.9 Å². The quantitative estimate of drug-likeness (QED) is 0.502. The highest BCUT2D eigenvalue weighted by molar-refractivity contribution is 5.82. The number of methoxy groups -OCH3 is 2. The number of rotatable bonds is 10. The van der Waals surface area contributed by atoms with Gasteiger partial charge < -0.3 is 24.3 Å². The standard InChI is InChI=1S/C20H23N3O7/c1-28-9-7-22-16-11-15(13-3-5-14(6-4-13)30-12-17(24)25)21-18(16)19(26)23(20(22)27)8-10-29-2/h3-6,11,21H,7-10,12H2,1-2H3,(H,24,25). The zero-order valence-electron chi connectivity index (χ0n) is 16.7. The number of benzene rings is 1. The van der Waals surface area contributed by atoms with Gasteiger partial charge in [-0.05, 0) is 35.9 Å². The van der Waals surface area contributed by atoms with Crippen molar-refractivity contribution >= 4 is 17.0 Å². The summed E-state index contributed by atoms with van der Waals surface area (Å²) in [6, 6.07) is 8.49. The normalized spacial score (nSPS) is 11.1. The molecule has 2 heterocycles. The Morgan fingerprint density at radius 1 is 1.03 bits per heavy atom. The van der Waals surface area contributed by atoms with Crippen LogP contribution in [0.3, 0.4) is 0 Å². The van der Waals surface area contributed by atoms with Crippen LogP contribution in [0.5, 0.6) is 5.75 Å². The number of aromatic amines is 1. The molecule has 10 heteroatoms. The van der Waals surface area contributed by atoms with Crippen LogP contribution in [0.4, 0.5) is 0 Å². The fraction of sp³-hybridized carbons (Fsp3) is 0.350. The van der Waals surface area contributed by atoms with Crippen LogP contribution in [0.1, 0.15) is 0 Å². The van der Waals surface area contributed by atoms with E-state index in [1.807, 2.05) is 0 Å². The van der Waals surface area contributed by atoms with Crippen molar-refractivity contribution in [2.75, 3.05) is 34.0 Å². The predicted molar refractivity (Wildman–Crippen MR) is 109 cm³/mol. The lowest BCUT2D eigenvalue weighted by Crippen LogP contribution is -2.41. The number of aromatic nitrogens is 3. The van der Waals surface area contributed by atoms with Crippen molar-refractivity contribution in [1.29, 1.82) is 0 Å². The van der Waals surface area contributed by atoms with Crippen LogP contribution < -0.4 is 16.0 Å². The first kappa shape index (κ1) is 21.3. The van der Waals surface area contributed by atoms with Gasteiger partial charge in [0.2, 0.25) is 0 Å². The van der Waals surface area contributed by atoms with Gasteiger partial charge in [0.05, 0.1) is 31.8 Å². The van der Waals surface area contributed by atoms with Crippen LogP contribution in [-0.4, -0.2) is 59.2 Å². The van der Waals surface area contributed by atoms with Crippen molar-refractivity contribution in [1.82, 2.24) is 14.1 Å². The first-order valence-corrected chi connectivity index (χ1v) is 9.25. The van der Waals surface area contributed by atoms with E-state index in [1.165, 1.54) is 11.7 Å². The molecule has 0 unspecified atom stereocenters. The zero-order chi connectivity index (χ0) is 21.7. The van der Waals surface area contributed by atoms with Gasteiger partial charge in [-0.3, -0.25) is 13.9 Å².